The fraction of sp³-hybridized carbons (Fsp3) is 0.440. The van der Waals surface area contributed by atoms with Crippen molar-refractivity contribution < 1.29 is 19.2 Å². The van der Waals surface area contributed by atoms with E-state index in [9.17, 15) is 9.59 Å². The molecule has 6 heteroatoms. The molecule has 6 nitrogen and oxygen atoms in total. The van der Waals surface area contributed by atoms with Gasteiger partial charge in [-0.15, -0.1) is 0 Å². The molecule has 1 fully saturated rings. The molecule has 0 radical (unpaired) electrons. The van der Waals surface area contributed by atoms with Gasteiger partial charge in [0.15, 0.2) is 6.10 Å². The number of hydrogen-bond donors (Lipinski definition) is 1. The minimum Gasteiger partial charge on any atom is -0.481 e. The lowest BCUT2D eigenvalue weighted by Gasteiger charge is -2.33. The summed E-state index contributed by atoms with van der Waals surface area (Å²) in [4.78, 5) is 30.2. The van der Waals surface area contributed by atoms with Crippen LogP contribution in [0.25, 0.3) is 0 Å². The van der Waals surface area contributed by atoms with E-state index in [-0.39, 0.29) is 18.4 Å². The first-order valence-electron chi connectivity index (χ1n) is 11.0. The Kier molecular flexibility index (Phi) is 7.69. The molecule has 3 rings (SSSR count). The van der Waals surface area contributed by atoms with Gasteiger partial charge < -0.3 is 19.4 Å². The number of nitrogens with zero attached hydrogens (tertiary/aromatic N) is 2. The Balaban J connectivity index is 1.44. The molecule has 2 aromatic rings. The molecule has 0 bridgehead atoms. The number of piperazine rings is 1. The first-order chi connectivity index (χ1) is 14.8. The van der Waals surface area contributed by atoms with Gasteiger partial charge in [0, 0.05) is 12.6 Å². The van der Waals surface area contributed by atoms with Crippen molar-refractivity contribution in [2.45, 2.75) is 33.4 Å². The van der Waals surface area contributed by atoms with Gasteiger partial charge in [0.1, 0.15) is 12.3 Å². The smallest absolute Gasteiger partial charge is 0.263 e. The highest BCUT2D eigenvalue weighted by Crippen LogP contribution is 2.15. The predicted molar refractivity (Wildman–Crippen MR) is 121 cm³/mol. The summed E-state index contributed by atoms with van der Waals surface area (Å²) in [6.07, 6.45) is -0.643. The van der Waals surface area contributed by atoms with Gasteiger partial charge in [-0.25, -0.2) is 0 Å². The lowest BCUT2D eigenvalue weighted by atomic mass is 10.1. The maximum absolute atomic E-state index is 12.7. The van der Waals surface area contributed by atoms with Crippen molar-refractivity contribution in [2.75, 3.05) is 39.8 Å². The summed E-state index contributed by atoms with van der Waals surface area (Å²) in [5, 5.41) is 0. The summed E-state index contributed by atoms with van der Waals surface area (Å²) in [6, 6.07) is 16.2. The molecule has 1 N–H and O–H groups in total. The molecule has 1 aliphatic rings. The van der Waals surface area contributed by atoms with E-state index < -0.39 is 6.10 Å². The SMILES string of the molecule is Cc1cccc(C[NH+]2CCN(C(=O)CN(C)C(=O)[C@@H](C)Oc3cccc(C)c3)CC2)c1. The molecule has 166 valence electrons. The first kappa shape index (κ1) is 22.8. The molecular weight excluding hydrogens is 390 g/mol. The highest BCUT2D eigenvalue weighted by molar-refractivity contribution is 5.86. The van der Waals surface area contributed by atoms with Gasteiger partial charge in [-0.2, -0.15) is 0 Å². The number of aryl methyl sites for hydroxylation is 2. The number of hydrogen-bond acceptors (Lipinski definition) is 3. The van der Waals surface area contributed by atoms with Crippen molar-refractivity contribution >= 4 is 11.8 Å². The molecule has 2 amide bonds. The van der Waals surface area contributed by atoms with E-state index in [2.05, 4.69) is 31.2 Å². The average molecular weight is 425 g/mol. The summed E-state index contributed by atoms with van der Waals surface area (Å²) >= 11 is 0. The fourth-order valence-electron chi connectivity index (χ4n) is 3.99. The van der Waals surface area contributed by atoms with E-state index in [1.807, 2.05) is 36.1 Å². The zero-order chi connectivity index (χ0) is 22.4. The number of likely N-dealkylation sites (N-methyl/N-ethyl adjacent to an activating group) is 1. The topological polar surface area (TPSA) is 54.3 Å². The van der Waals surface area contributed by atoms with E-state index in [4.69, 9.17) is 4.74 Å². The maximum Gasteiger partial charge on any atom is 0.263 e. The van der Waals surface area contributed by atoms with Crippen LogP contribution in [0.1, 0.15) is 23.6 Å². The maximum atomic E-state index is 12.7. The lowest BCUT2D eigenvalue weighted by molar-refractivity contribution is -0.917. The summed E-state index contributed by atoms with van der Waals surface area (Å²) in [5.74, 6) is 0.458. The lowest BCUT2D eigenvalue weighted by Crippen LogP contribution is -3.13. The molecular formula is C25H34N3O3+. The second-order valence-electron chi connectivity index (χ2n) is 8.57. The molecule has 1 heterocycles. The molecule has 0 aromatic heterocycles. The Morgan fingerprint density at radius 3 is 2.35 bits per heavy atom. The number of carbonyl (C=O) groups excluding carboxylic acids is 2. The Bertz CT molecular complexity index is 906. The second-order valence-corrected chi connectivity index (χ2v) is 8.57. The first-order valence-corrected chi connectivity index (χ1v) is 11.0. The third-order valence-electron chi connectivity index (χ3n) is 5.76. The Morgan fingerprint density at radius 1 is 1.06 bits per heavy atom. The monoisotopic (exact) mass is 424 g/mol. The van der Waals surface area contributed by atoms with Gasteiger partial charge in [0.05, 0.1) is 32.7 Å². The van der Waals surface area contributed by atoms with Gasteiger partial charge >= 0.3 is 0 Å². The normalized spacial score (nSPS) is 15.4. The highest BCUT2D eigenvalue weighted by atomic mass is 16.5. The van der Waals surface area contributed by atoms with Crippen LogP contribution in [0.5, 0.6) is 5.75 Å². The van der Waals surface area contributed by atoms with Crippen molar-refractivity contribution in [3.8, 4) is 5.75 Å². The van der Waals surface area contributed by atoms with Crippen LogP contribution in [0.15, 0.2) is 48.5 Å². The highest BCUT2D eigenvalue weighted by Gasteiger charge is 2.27. The van der Waals surface area contributed by atoms with Gasteiger partial charge in [0.25, 0.3) is 5.91 Å². The van der Waals surface area contributed by atoms with E-state index in [1.54, 1.807) is 14.0 Å². The van der Waals surface area contributed by atoms with E-state index in [1.165, 1.54) is 20.9 Å². The van der Waals surface area contributed by atoms with Gasteiger partial charge in [0.2, 0.25) is 5.91 Å². The average Bonchev–Trinajstić information content (AvgIpc) is 2.73. The number of ether oxygens (including phenoxy) is 1. The summed E-state index contributed by atoms with van der Waals surface area (Å²) in [6.45, 7) is 10.2. The minimum absolute atomic E-state index is 0.00629. The van der Waals surface area contributed by atoms with Crippen LogP contribution in [0.4, 0.5) is 0 Å². The summed E-state index contributed by atoms with van der Waals surface area (Å²) in [7, 11) is 1.66. The molecule has 0 spiro atoms. The molecule has 1 saturated heterocycles. The molecule has 0 unspecified atom stereocenters. The second kappa shape index (κ2) is 10.4. The van der Waals surface area contributed by atoms with E-state index in [0.717, 1.165) is 38.3 Å². The molecule has 1 atom stereocenters. The standard InChI is InChI=1S/C25H33N3O3/c1-19-7-5-9-22(15-19)17-27-11-13-28(14-12-27)24(29)18-26(4)25(30)21(3)31-23-10-6-8-20(2)16-23/h5-10,15-16,21H,11-14,17-18H2,1-4H3/p+1/t21-/m1/s1. The Hall–Kier alpha value is -2.86. The minimum atomic E-state index is -0.643. The van der Waals surface area contributed by atoms with Crippen LogP contribution < -0.4 is 9.64 Å². The molecule has 0 aliphatic carbocycles. The number of quaternary nitrogens is 1. The van der Waals surface area contributed by atoms with E-state index >= 15 is 0 Å². The third kappa shape index (κ3) is 6.56. The molecule has 31 heavy (non-hydrogen) atoms. The quantitative estimate of drug-likeness (QED) is 0.732. The zero-order valence-electron chi connectivity index (χ0n) is 19.1. The van der Waals surface area contributed by atoms with Crippen LogP contribution >= 0.6 is 0 Å². The van der Waals surface area contributed by atoms with Crippen molar-refractivity contribution in [3.63, 3.8) is 0 Å². The third-order valence-corrected chi connectivity index (χ3v) is 5.76. The Labute approximate surface area is 185 Å². The molecule has 0 saturated carbocycles. The largest absolute Gasteiger partial charge is 0.481 e. The predicted octanol–water partition coefficient (Wildman–Crippen LogP) is 1.46. The van der Waals surface area contributed by atoms with Crippen LogP contribution in [0.2, 0.25) is 0 Å². The number of nitrogens with one attached hydrogen (secondary N) is 1. The number of benzene rings is 2. The number of rotatable bonds is 7. The molecule has 2 aromatic carbocycles. The molecule has 1 aliphatic heterocycles. The van der Waals surface area contributed by atoms with Crippen molar-refractivity contribution in [2.24, 2.45) is 0 Å². The summed E-state index contributed by atoms with van der Waals surface area (Å²) < 4.78 is 5.76. The fourth-order valence-corrected chi connectivity index (χ4v) is 3.99. The van der Waals surface area contributed by atoms with E-state index in [0.29, 0.717) is 5.75 Å². The number of amides is 2. The van der Waals surface area contributed by atoms with Crippen LogP contribution in [-0.4, -0.2) is 67.5 Å². The zero-order valence-corrected chi connectivity index (χ0v) is 19.1. The van der Waals surface area contributed by atoms with Crippen molar-refractivity contribution in [1.29, 1.82) is 0 Å². The van der Waals surface area contributed by atoms with Crippen LogP contribution in [-0.2, 0) is 16.1 Å². The Morgan fingerprint density at radius 2 is 1.71 bits per heavy atom. The van der Waals surface area contributed by atoms with Crippen LogP contribution in [0, 0.1) is 13.8 Å². The van der Waals surface area contributed by atoms with Crippen molar-refractivity contribution in [1.82, 2.24) is 9.80 Å². The van der Waals surface area contributed by atoms with Gasteiger partial charge in [-0.1, -0.05) is 42.0 Å². The number of carbonyl (C=O) groups is 2. The summed E-state index contributed by atoms with van der Waals surface area (Å²) in [5.41, 5.74) is 3.69. The van der Waals surface area contributed by atoms with Crippen LogP contribution in [0.3, 0.4) is 0 Å². The van der Waals surface area contributed by atoms with Crippen molar-refractivity contribution in [3.05, 3.63) is 65.2 Å². The van der Waals surface area contributed by atoms with Gasteiger partial charge in [-0.3, -0.25) is 9.59 Å². The van der Waals surface area contributed by atoms with Gasteiger partial charge in [-0.05, 0) is 38.5 Å².